The van der Waals surface area contributed by atoms with E-state index in [0.717, 1.165) is 0 Å². The SMILES string of the molecule is O=S(=O)([O-])[O-].O=S(=O)([O-])[O-].O=S(=O)([O-])[O-].[Ga+3].[In+3]. The second-order valence-corrected chi connectivity index (χ2v) is 3.67. The van der Waals surface area contributed by atoms with E-state index in [9.17, 15) is 0 Å². The average molecular weight is 473 g/mol. The Morgan fingerprint density at radius 3 is 0.471 bits per heavy atom. The molecule has 0 aromatic heterocycles. The molecule has 17 heteroatoms. The molecule has 0 bridgehead atoms. The van der Waals surface area contributed by atoms with E-state index in [2.05, 4.69) is 0 Å². The minimum absolute atomic E-state index is 0. The third-order valence-corrected chi connectivity index (χ3v) is 0. The first-order chi connectivity index (χ1) is 6.00. The van der Waals surface area contributed by atoms with Crippen molar-refractivity contribution in [2.75, 3.05) is 0 Å². The van der Waals surface area contributed by atoms with Crippen molar-refractivity contribution >= 4 is 76.8 Å². The number of rotatable bonds is 0. The van der Waals surface area contributed by atoms with Gasteiger partial charge in [-0.15, -0.1) is 0 Å². The Kier molecular flexibility index (Phi) is 22.1. The fourth-order valence-corrected chi connectivity index (χ4v) is 0. The van der Waals surface area contributed by atoms with Crippen LogP contribution in [0.5, 0.6) is 0 Å². The van der Waals surface area contributed by atoms with Gasteiger partial charge in [-0.1, -0.05) is 0 Å². The second-order valence-electron chi connectivity index (χ2n) is 1.22. The summed E-state index contributed by atoms with van der Waals surface area (Å²) >= 11 is 0. The van der Waals surface area contributed by atoms with Gasteiger partial charge >= 0.3 is 45.6 Å². The van der Waals surface area contributed by atoms with Crippen molar-refractivity contribution in [3.8, 4) is 0 Å². The van der Waals surface area contributed by atoms with E-state index in [1.165, 1.54) is 0 Å². The molecule has 0 radical (unpaired) electrons. The molecule has 0 aliphatic carbocycles. The second kappa shape index (κ2) is 12.2. The minimum Gasteiger partial charge on any atom is -0.759 e. The van der Waals surface area contributed by atoms with Gasteiger partial charge in [-0.2, -0.15) is 0 Å². The van der Waals surface area contributed by atoms with Crippen LogP contribution in [0.25, 0.3) is 0 Å². The van der Waals surface area contributed by atoms with Gasteiger partial charge in [-0.05, 0) is 0 Å². The summed E-state index contributed by atoms with van der Waals surface area (Å²) in [6.07, 6.45) is 0. The van der Waals surface area contributed by atoms with Gasteiger partial charge in [0, 0.05) is 31.2 Å². The summed E-state index contributed by atoms with van der Waals surface area (Å²) in [5.74, 6) is 0. The maximum atomic E-state index is 8.52. The Bertz CT molecular complexity index is 343. The predicted molar refractivity (Wildman–Crippen MR) is 42.9 cm³/mol. The van der Waals surface area contributed by atoms with E-state index in [4.69, 9.17) is 52.6 Å². The van der Waals surface area contributed by atoms with E-state index in [0.29, 0.717) is 0 Å². The molecule has 17 heavy (non-hydrogen) atoms. The molecule has 0 saturated heterocycles. The molecule has 0 aliphatic heterocycles. The van der Waals surface area contributed by atoms with Crippen molar-refractivity contribution in [2.45, 2.75) is 0 Å². The van der Waals surface area contributed by atoms with E-state index < -0.39 is 31.2 Å². The summed E-state index contributed by atoms with van der Waals surface area (Å²) in [6.45, 7) is 0. The first-order valence-corrected chi connectivity index (χ1v) is 6.00. The molecule has 0 fully saturated rings. The van der Waals surface area contributed by atoms with E-state index in [-0.39, 0.29) is 45.6 Å². The van der Waals surface area contributed by atoms with Gasteiger partial charge in [0.05, 0.1) is 0 Å². The number of hydrogen-bond donors (Lipinski definition) is 0. The van der Waals surface area contributed by atoms with Crippen LogP contribution in [-0.2, 0) is 31.2 Å². The normalized spacial score (nSPS) is 10.2. The van der Waals surface area contributed by atoms with Crippen molar-refractivity contribution < 1.29 is 52.6 Å². The first kappa shape index (κ1) is 30.9. The Labute approximate surface area is 128 Å². The molecule has 0 rings (SSSR count). The smallest absolute Gasteiger partial charge is 0.759 e. The quantitative estimate of drug-likeness (QED) is 0.183. The summed E-state index contributed by atoms with van der Waals surface area (Å²) < 4.78 is 102. The molecule has 96 valence electrons. The maximum absolute atomic E-state index is 8.52. The largest absolute Gasteiger partial charge is 3.00 e. The van der Waals surface area contributed by atoms with Gasteiger partial charge in [0.2, 0.25) is 0 Å². The van der Waals surface area contributed by atoms with Crippen molar-refractivity contribution in [1.82, 2.24) is 0 Å². The van der Waals surface area contributed by atoms with Gasteiger partial charge in [0.15, 0.2) is 0 Å². The molecule has 0 heterocycles. The Hall–Kier alpha value is 1.12. The molecule has 12 nitrogen and oxygen atoms in total. The Balaban J connectivity index is -0.0000000400. The van der Waals surface area contributed by atoms with Crippen molar-refractivity contribution in [1.29, 1.82) is 0 Å². The van der Waals surface area contributed by atoms with Crippen LogP contribution in [0.4, 0.5) is 0 Å². The van der Waals surface area contributed by atoms with Crippen LogP contribution < -0.4 is 0 Å². The molecular weight excluding hydrogens is 473 g/mol. The zero-order chi connectivity index (χ0) is 13.5. The summed E-state index contributed by atoms with van der Waals surface area (Å²) in [6, 6.07) is 0. The third kappa shape index (κ3) is 3140. The third-order valence-electron chi connectivity index (χ3n) is 0. The van der Waals surface area contributed by atoms with Gasteiger partial charge in [-0.3, -0.25) is 25.3 Å². The molecule has 0 aromatic carbocycles. The zero-order valence-corrected chi connectivity index (χ0v) is 15.4. The van der Waals surface area contributed by atoms with Crippen LogP contribution in [0.3, 0.4) is 0 Å². The van der Waals surface area contributed by atoms with Gasteiger partial charge < -0.3 is 27.3 Å². The Morgan fingerprint density at radius 2 is 0.471 bits per heavy atom. The van der Waals surface area contributed by atoms with Crippen LogP contribution in [0.1, 0.15) is 0 Å². The van der Waals surface area contributed by atoms with Crippen LogP contribution in [0.2, 0.25) is 0 Å². The summed E-state index contributed by atoms with van der Waals surface area (Å²) in [4.78, 5) is 0. The molecule has 0 N–H and O–H groups in total. The first-order valence-electron chi connectivity index (χ1n) is 2.00. The average Bonchev–Trinajstić information content (AvgIpc) is 1.41. The minimum atomic E-state index is -5.17. The topological polar surface area (TPSA) is 241 Å². The molecular formula is GaInO12S3. The zero-order valence-electron chi connectivity index (χ0n) is 7.28. The molecule has 0 aliphatic rings. The fraction of sp³-hybridized carbons (Fsp3) is 0. The van der Waals surface area contributed by atoms with Crippen LogP contribution >= 0.6 is 0 Å². The van der Waals surface area contributed by atoms with Crippen LogP contribution in [-0.4, -0.2) is 98.2 Å². The molecule has 0 spiro atoms. The number of hydrogen-bond acceptors (Lipinski definition) is 12. The summed E-state index contributed by atoms with van der Waals surface area (Å²) in [7, 11) is -15.5. The summed E-state index contributed by atoms with van der Waals surface area (Å²) in [5, 5.41) is 0. The predicted octanol–water partition coefficient (Wildman–Crippen LogP) is -4.78. The van der Waals surface area contributed by atoms with Crippen molar-refractivity contribution in [3.05, 3.63) is 0 Å². The summed E-state index contributed by atoms with van der Waals surface area (Å²) in [5.41, 5.74) is 0. The fourth-order valence-electron chi connectivity index (χ4n) is 0. The van der Waals surface area contributed by atoms with Crippen molar-refractivity contribution in [2.24, 2.45) is 0 Å². The standard InChI is InChI=1S/Ga.In.3H2O4S/c;;3*1-5(2,3)4/h;;3*(H2,1,2,3,4)/q2*+3;;;/p-6. The van der Waals surface area contributed by atoms with E-state index in [1.54, 1.807) is 0 Å². The van der Waals surface area contributed by atoms with Gasteiger partial charge in [-0.25, -0.2) is 0 Å². The van der Waals surface area contributed by atoms with E-state index in [1.807, 2.05) is 0 Å². The Morgan fingerprint density at radius 1 is 0.471 bits per heavy atom. The van der Waals surface area contributed by atoms with E-state index >= 15 is 0 Å². The molecule has 0 amide bonds. The monoisotopic (exact) mass is 472 g/mol. The van der Waals surface area contributed by atoms with Crippen LogP contribution in [0, 0.1) is 0 Å². The molecule has 0 atom stereocenters. The van der Waals surface area contributed by atoms with Crippen molar-refractivity contribution in [3.63, 3.8) is 0 Å². The molecule has 0 aromatic rings. The molecule has 0 saturated carbocycles. The molecule has 0 unspecified atom stereocenters. The van der Waals surface area contributed by atoms with Crippen LogP contribution in [0.15, 0.2) is 0 Å². The maximum Gasteiger partial charge on any atom is 3.00 e. The van der Waals surface area contributed by atoms with Gasteiger partial charge in [0.1, 0.15) is 0 Å². The van der Waals surface area contributed by atoms with Gasteiger partial charge in [0.25, 0.3) is 0 Å².